The Morgan fingerprint density at radius 1 is 1.25 bits per heavy atom. The molecule has 0 aliphatic carbocycles. The minimum atomic E-state index is -5.08. The zero-order chi connectivity index (χ0) is 23.9. The van der Waals surface area contributed by atoms with Gasteiger partial charge in [-0.3, -0.25) is 9.78 Å². The molecule has 1 amide bonds. The minimum absolute atomic E-state index is 0.0971. The molecule has 0 atom stereocenters. The maximum atomic E-state index is 12.0. The number of rotatable bonds is 6. The van der Waals surface area contributed by atoms with Gasteiger partial charge in [0, 0.05) is 17.5 Å². The fraction of sp³-hybridized carbons (Fsp3) is 0.286. The van der Waals surface area contributed by atoms with Crippen molar-refractivity contribution in [1.82, 2.24) is 10.3 Å². The van der Waals surface area contributed by atoms with Gasteiger partial charge in [0.05, 0.1) is 21.5 Å². The van der Waals surface area contributed by atoms with E-state index in [1.807, 2.05) is 18.2 Å². The van der Waals surface area contributed by atoms with E-state index >= 15 is 0 Å². The number of aryl methyl sites for hydroxylation is 1. The number of pyridine rings is 1. The van der Waals surface area contributed by atoms with Crippen LogP contribution in [0.15, 0.2) is 36.5 Å². The first-order chi connectivity index (χ1) is 15.1. The first-order valence-corrected chi connectivity index (χ1v) is 10.6. The number of aromatic nitrogens is 1. The van der Waals surface area contributed by atoms with Crippen LogP contribution in [0.4, 0.5) is 13.2 Å². The van der Waals surface area contributed by atoms with Crippen molar-refractivity contribution in [3.63, 3.8) is 0 Å². The van der Waals surface area contributed by atoms with Gasteiger partial charge in [-0.15, -0.1) is 11.3 Å². The third-order valence-electron chi connectivity index (χ3n) is 4.10. The van der Waals surface area contributed by atoms with Gasteiger partial charge in [-0.25, -0.2) is 4.79 Å². The van der Waals surface area contributed by atoms with Crippen LogP contribution in [0.1, 0.15) is 35.1 Å². The molecule has 0 radical (unpaired) electrons. The molecule has 1 aromatic carbocycles. The second-order valence-corrected chi connectivity index (χ2v) is 7.95. The van der Waals surface area contributed by atoms with Gasteiger partial charge in [0.25, 0.3) is 5.91 Å². The number of thiophene rings is 1. The number of nitrogens with zero attached hydrogens (tertiary/aromatic N) is 1. The lowest BCUT2D eigenvalue weighted by atomic mass is 10.1. The van der Waals surface area contributed by atoms with Gasteiger partial charge >= 0.3 is 12.1 Å². The number of hydrogen-bond donors (Lipinski definition) is 2. The number of unbranched alkanes of at least 4 members (excludes halogenated alkanes) is 1. The molecule has 0 saturated carbocycles. The molecule has 6 nitrogen and oxygen atoms in total. The predicted octanol–water partition coefficient (Wildman–Crippen LogP) is 6.08. The number of halogens is 4. The summed E-state index contributed by atoms with van der Waals surface area (Å²) >= 11 is 7.38. The van der Waals surface area contributed by atoms with Crippen molar-refractivity contribution >= 4 is 44.9 Å². The number of fused-ring (bicyclic) bond motifs is 1. The number of amides is 1. The van der Waals surface area contributed by atoms with Gasteiger partial charge in [0.2, 0.25) is 0 Å². The number of carbonyl (C=O) groups is 2. The Labute approximate surface area is 191 Å². The highest BCUT2D eigenvalue weighted by Gasteiger charge is 2.38. The second-order valence-electron chi connectivity index (χ2n) is 6.46. The normalized spacial score (nSPS) is 10.9. The number of aliphatic carboxylic acids is 1. The first-order valence-electron chi connectivity index (χ1n) is 9.43. The number of alkyl halides is 3. The number of carboxylic acids is 1. The van der Waals surface area contributed by atoms with E-state index in [9.17, 15) is 18.0 Å². The Hall–Kier alpha value is -2.85. The second kappa shape index (κ2) is 11.1. The third kappa shape index (κ3) is 6.83. The van der Waals surface area contributed by atoms with Crippen LogP contribution in [0.25, 0.3) is 10.1 Å². The molecular weight excluding hydrogens is 469 g/mol. The number of benzene rings is 1. The van der Waals surface area contributed by atoms with Crippen molar-refractivity contribution in [2.45, 2.75) is 32.4 Å². The molecule has 3 aromatic rings. The predicted molar refractivity (Wildman–Crippen MR) is 117 cm³/mol. The van der Waals surface area contributed by atoms with Gasteiger partial charge in [-0.2, -0.15) is 13.2 Å². The van der Waals surface area contributed by atoms with Gasteiger partial charge in [0.15, 0.2) is 5.75 Å². The lowest BCUT2D eigenvalue weighted by Gasteiger charge is -2.09. The summed E-state index contributed by atoms with van der Waals surface area (Å²) in [5.41, 5.74) is 1.01. The van der Waals surface area contributed by atoms with Crippen LogP contribution in [0.2, 0.25) is 5.02 Å². The Bertz CT molecular complexity index is 1090. The van der Waals surface area contributed by atoms with E-state index < -0.39 is 12.1 Å². The van der Waals surface area contributed by atoms with Gasteiger partial charge in [0.1, 0.15) is 5.75 Å². The van der Waals surface area contributed by atoms with E-state index in [0.29, 0.717) is 21.4 Å². The molecule has 0 bridgehead atoms. The largest absolute Gasteiger partial charge is 0.490 e. The molecule has 11 heteroatoms. The van der Waals surface area contributed by atoms with Crippen LogP contribution in [0.3, 0.4) is 0 Å². The zero-order valence-corrected chi connectivity index (χ0v) is 18.7. The molecular formula is C21H20ClF3N2O4S. The molecule has 2 heterocycles. The van der Waals surface area contributed by atoms with Crippen LogP contribution in [-0.2, 0) is 11.2 Å². The monoisotopic (exact) mass is 488 g/mol. The lowest BCUT2D eigenvalue weighted by Crippen LogP contribution is -2.21. The van der Waals surface area contributed by atoms with E-state index in [1.165, 1.54) is 11.3 Å². The van der Waals surface area contributed by atoms with E-state index in [1.54, 1.807) is 25.4 Å². The molecule has 0 saturated heterocycles. The van der Waals surface area contributed by atoms with Gasteiger partial charge in [-0.1, -0.05) is 24.9 Å². The number of ether oxygens (including phenoxy) is 1. The van der Waals surface area contributed by atoms with Gasteiger partial charge < -0.3 is 15.2 Å². The zero-order valence-electron chi connectivity index (χ0n) is 17.1. The van der Waals surface area contributed by atoms with Crippen LogP contribution in [0.5, 0.6) is 11.5 Å². The quantitative estimate of drug-likeness (QED) is 0.439. The topological polar surface area (TPSA) is 88.5 Å². The fourth-order valence-electron chi connectivity index (χ4n) is 2.52. The van der Waals surface area contributed by atoms with Crippen molar-refractivity contribution < 1.29 is 32.6 Å². The first kappa shape index (κ1) is 25.4. The van der Waals surface area contributed by atoms with E-state index in [4.69, 9.17) is 26.2 Å². The van der Waals surface area contributed by atoms with Gasteiger partial charge in [-0.05, 0) is 43.2 Å². The molecule has 0 aliphatic heterocycles. The smallest absolute Gasteiger partial charge is 0.475 e. The summed E-state index contributed by atoms with van der Waals surface area (Å²) in [6.45, 7) is 2.15. The Kier molecular flexibility index (Phi) is 8.85. The number of carbonyl (C=O) groups excluding carboxylic acids is 1. The van der Waals surface area contributed by atoms with Crippen molar-refractivity contribution in [2.24, 2.45) is 0 Å². The molecule has 2 aromatic heterocycles. The Morgan fingerprint density at radius 2 is 1.88 bits per heavy atom. The molecule has 32 heavy (non-hydrogen) atoms. The van der Waals surface area contributed by atoms with Crippen molar-refractivity contribution in [3.05, 3.63) is 52.1 Å². The molecule has 3 rings (SSSR count). The molecule has 0 unspecified atom stereocenters. The highest BCUT2D eigenvalue weighted by atomic mass is 35.5. The molecule has 172 valence electrons. The third-order valence-corrected chi connectivity index (χ3v) is 5.53. The van der Waals surface area contributed by atoms with Crippen molar-refractivity contribution in [3.8, 4) is 11.5 Å². The Balaban J connectivity index is 0.000000451. The minimum Gasteiger partial charge on any atom is -0.475 e. The standard InChI is InChI=1S/C19H19ClN2O2S.C2HF3O2/c1-3-4-5-15-18-14(10-17(25-18)19(23)21-2)16(11-22-15)24-13-8-6-12(20)7-9-13;3-2(4,5)1(6)7/h6-11H,3-5H2,1-2H3,(H,21,23);(H,6,7). The van der Waals surface area contributed by atoms with E-state index in [2.05, 4.69) is 17.2 Å². The highest BCUT2D eigenvalue weighted by molar-refractivity contribution is 7.21. The SMILES string of the molecule is CCCCc1ncc(Oc2ccc(Cl)cc2)c2cc(C(=O)NC)sc12.O=C(O)C(F)(F)F. The lowest BCUT2D eigenvalue weighted by molar-refractivity contribution is -0.192. The summed E-state index contributed by atoms with van der Waals surface area (Å²) in [4.78, 5) is 26.2. The molecule has 0 spiro atoms. The van der Waals surface area contributed by atoms with E-state index in [0.717, 1.165) is 35.0 Å². The summed E-state index contributed by atoms with van der Waals surface area (Å²) < 4.78 is 38.7. The van der Waals surface area contributed by atoms with Crippen molar-refractivity contribution in [1.29, 1.82) is 0 Å². The summed E-state index contributed by atoms with van der Waals surface area (Å²) in [7, 11) is 1.63. The van der Waals surface area contributed by atoms with Crippen molar-refractivity contribution in [2.75, 3.05) is 7.05 Å². The number of hydrogen-bond acceptors (Lipinski definition) is 5. The Morgan fingerprint density at radius 3 is 2.41 bits per heavy atom. The summed E-state index contributed by atoms with van der Waals surface area (Å²) in [6.07, 6.45) is -0.295. The fourth-order valence-corrected chi connectivity index (χ4v) is 3.78. The maximum Gasteiger partial charge on any atom is 0.490 e. The summed E-state index contributed by atoms with van der Waals surface area (Å²) in [5, 5.41) is 11.4. The van der Waals surface area contributed by atoms with Crippen LogP contribution in [-0.4, -0.2) is 35.2 Å². The number of carboxylic acid groups (broad SMARTS) is 1. The van der Waals surface area contributed by atoms with Crippen LogP contribution < -0.4 is 10.1 Å². The van der Waals surface area contributed by atoms with Crippen LogP contribution in [0, 0.1) is 0 Å². The number of nitrogens with one attached hydrogen (secondary N) is 1. The summed E-state index contributed by atoms with van der Waals surface area (Å²) in [6, 6.07) is 9.05. The highest BCUT2D eigenvalue weighted by Crippen LogP contribution is 2.37. The molecule has 2 N–H and O–H groups in total. The molecule has 0 fully saturated rings. The maximum absolute atomic E-state index is 12.0. The average molecular weight is 489 g/mol. The average Bonchev–Trinajstić information content (AvgIpc) is 3.20. The molecule has 0 aliphatic rings. The van der Waals surface area contributed by atoms with Crippen LogP contribution >= 0.6 is 22.9 Å². The summed E-state index contributed by atoms with van der Waals surface area (Å²) in [5.74, 6) is -1.53. The van der Waals surface area contributed by atoms with E-state index in [-0.39, 0.29) is 5.91 Å².